The summed E-state index contributed by atoms with van der Waals surface area (Å²) in [6, 6.07) is 0. The van der Waals surface area contributed by atoms with Gasteiger partial charge < -0.3 is 10.1 Å². The van der Waals surface area contributed by atoms with Gasteiger partial charge in [-0.2, -0.15) is 0 Å². The smallest absolute Gasteiger partial charge is 0.281 e. The average molecular weight is 148 g/mol. The van der Waals surface area contributed by atoms with Gasteiger partial charge in [0.1, 0.15) is 0 Å². The van der Waals surface area contributed by atoms with Crippen LogP contribution in [0.5, 0.6) is 0 Å². The summed E-state index contributed by atoms with van der Waals surface area (Å²) in [6.45, 7) is 0. The summed E-state index contributed by atoms with van der Waals surface area (Å²) in [5, 5.41) is 10.4. The zero-order chi connectivity index (χ0) is 7.44. The second-order valence-corrected chi connectivity index (χ2v) is 2.05. The van der Waals surface area contributed by atoms with E-state index in [1.807, 2.05) is 0 Å². The number of carbonyl (C=O) groups excluding carboxylic acids is 1. The summed E-state index contributed by atoms with van der Waals surface area (Å²) < 4.78 is 0. The van der Waals surface area contributed by atoms with E-state index in [0.717, 1.165) is 0 Å². The number of nitrogens with zero attached hydrogens (tertiary/aromatic N) is 2. The van der Waals surface area contributed by atoms with Gasteiger partial charge in [0, 0.05) is 14.1 Å². The van der Waals surface area contributed by atoms with E-state index >= 15 is 0 Å². The van der Waals surface area contributed by atoms with Crippen molar-refractivity contribution in [2.24, 2.45) is 5.16 Å². The third-order valence-electron chi connectivity index (χ3n) is 0.692. The first-order chi connectivity index (χ1) is 4.09. The fourth-order valence-electron chi connectivity index (χ4n) is 0.243. The van der Waals surface area contributed by atoms with Crippen LogP contribution in [0.25, 0.3) is 0 Å². The molecule has 0 radical (unpaired) electrons. The predicted octanol–water partition coefficient (Wildman–Crippen LogP) is -0.208. The van der Waals surface area contributed by atoms with E-state index in [1.54, 1.807) is 14.1 Å². The van der Waals surface area contributed by atoms with Crippen molar-refractivity contribution in [1.29, 1.82) is 0 Å². The molecule has 0 aliphatic heterocycles. The summed E-state index contributed by atoms with van der Waals surface area (Å²) in [5.41, 5.74) is 0. The molecule has 1 N–H and O–H groups in total. The molecule has 0 aliphatic rings. The van der Waals surface area contributed by atoms with Crippen molar-refractivity contribution in [3.8, 4) is 0 Å². The molecule has 0 aromatic carbocycles. The van der Waals surface area contributed by atoms with E-state index in [4.69, 9.17) is 5.21 Å². The third kappa shape index (κ3) is 2.36. The van der Waals surface area contributed by atoms with Crippen molar-refractivity contribution < 1.29 is 10.0 Å². The van der Waals surface area contributed by atoms with Crippen LogP contribution in [0.4, 0.5) is 0 Å². The van der Waals surface area contributed by atoms with Crippen molar-refractivity contribution in [2.45, 2.75) is 0 Å². The van der Waals surface area contributed by atoms with E-state index in [2.05, 4.69) is 17.8 Å². The highest BCUT2D eigenvalue weighted by Gasteiger charge is 2.08. The number of hydrogen-bond donors (Lipinski definition) is 2. The molecule has 0 aromatic rings. The molecule has 52 valence electrons. The second-order valence-electron chi connectivity index (χ2n) is 1.62. The summed E-state index contributed by atoms with van der Waals surface area (Å²) in [6.07, 6.45) is 0. The number of carbonyl (C=O) groups is 1. The monoisotopic (exact) mass is 148 g/mol. The van der Waals surface area contributed by atoms with Gasteiger partial charge in [-0.15, -0.1) is 12.6 Å². The summed E-state index contributed by atoms with van der Waals surface area (Å²) >= 11 is 3.57. The van der Waals surface area contributed by atoms with E-state index in [-0.39, 0.29) is 5.04 Å². The Morgan fingerprint density at radius 3 is 2.22 bits per heavy atom. The third-order valence-corrected chi connectivity index (χ3v) is 0.973. The molecule has 9 heavy (non-hydrogen) atoms. The van der Waals surface area contributed by atoms with E-state index < -0.39 is 5.91 Å². The summed E-state index contributed by atoms with van der Waals surface area (Å²) in [4.78, 5) is 11.9. The van der Waals surface area contributed by atoms with Gasteiger partial charge in [0.2, 0.25) is 0 Å². The quantitative estimate of drug-likeness (QED) is 0.178. The molecule has 0 heterocycles. The molecule has 0 unspecified atom stereocenters. The van der Waals surface area contributed by atoms with E-state index in [1.165, 1.54) is 4.90 Å². The Bertz CT molecular complexity index is 144. The van der Waals surface area contributed by atoms with Crippen LogP contribution >= 0.6 is 12.6 Å². The van der Waals surface area contributed by atoms with E-state index in [0.29, 0.717) is 0 Å². The van der Waals surface area contributed by atoms with Crippen molar-refractivity contribution in [2.75, 3.05) is 14.1 Å². The molecular formula is C4H8N2O2S. The lowest BCUT2D eigenvalue weighted by Gasteiger charge is -2.06. The highest BCUT2D eigenvalue weighted by Crippen LogP contribution is 1.87. The largest absolute Gasteiger partial charge is 0.410 e. The number of rotatable bonds is 1. The van der Waals surface area contributed by atoms with E-state index in [9.17, 15) is 4.79 Å². The average Bonchev–Trinajstić information content (AvgIpc) is 1.84. The Hall–Kier alpha value is -0.710. The predicted molar refractivity (Wildman–Crippen MR) is 36.9 cm³/mol. The standard InChI is InChI=1S/C4H8N2O2S/c1-6(2)4(7)3(9)5-8/h8H,1-2H3,(H,5,9). The van der Waals surface area contributed by atoms with Crippen molar-refractivity contribution >= 4 is 23.6 Å². The zero-order valence-electron chi connectivity index (χ0n) is 5.20. The number of oxime groups is 1. The summed E-state index contributed by atoms with van der Waals surface area (Å²) in [7, 11) is 3.09. The fourth-order valence-corrected chi connectivity index (χ4v) is 0.443. The van der Waals surface area contributed by atoms with Crippen LogP contribution < -0.4 is 0 Å². The maximum Gasteiger partial charge on any atom is 0.281 e. The van der Waals surface area contributed by atoms with Gasteiger partial charge >= 0.3 is 0 Å². The molecule has 0 saturated heterocycles. The SMILES string of the molecule is CN(C)C(=O)/C(S)=N/O. The number of hydrogen-bond acceptors (Lipinski definition) is 3. The molecule has 0 spiro atoms. The number of amides is 1. The molecule has 0 atom stereocenters. The second kappa shape index (κ2) is 3.34. The lowest BCUT2D eigenvalue weighted by molar-refractivity contribution is -0.121. The van der Waals surface area contributed by atoms with Crippen LogP contribution in [0.2, 0.25) is 0 Å². The molecule has 0 bridgehead atoms. The molecule has 0 rings (SSSR count). The molecular weight excluding hydrogens is 140 g/mol. The van der Waals surface area contributed by atoms with Gasteiger partial charge in [-0.3, -0.25) is 4.79 Å². The molecule has 4 nitrogen and oxygen atoms in total. The normalized spacial score (nSPS) is 11.2. The lowest BCUT2D eigenvalue weighted by atomic mass is 10.6. The van der Waals surface area contributed by atoms with Gasteiger partial charge in [-0.25, -0.2) is 0 Å². The van der Waals surface area contributed by atoms with Crippen molar-refractivity contribution in [3.05, 3.63) is 0 Å². The van der Waals surface area contributed by atoms with Gasteiger partial charge in [0.15, 0.2) is 5.04 Å². The molecule has 5 heteroatoms. The summed E-state index contributed by atoms with van der Waals surface area (Å²) in [5.74, 6) is -0.416. The maximum absolute atomic E-state index is 10.6. The Kier molecular flexibility index (Phi) is 3.08. The molecule has 0 aliphatic carbocycles. The Morgan fingerprint density at radius 2 is 2.11 bits per heavy atom. The minimum Gasteiger partial charge on any atom is -0.410 e. The van der Waals surface area contributed by atoms with Crippen LogP contribution in [0.15, 0.2) is 5.16 Å². The Morgan fingerprint density at radius 1 is 1.67 bits per heavy atom. The maximum atomic E-state index is 10.6. The topological polar surface area (TPSA) is 52.9 Å². The zero-order valence-corrected chi connectivity index (χ0v) is 6.09. The molecule has 0 fully saturated rings. The fraction of sp³-hybridized carbons (Fsp3) is 0.500. The minimum absolute atomic E-state index is 0.208. The molecule has 0 saturated carbocycles. The minimum atomic E-state index is -0.416. The van der Waals surface area contributed by atoms with Crippen LogP contribution in [0, 0.1) is 0 Å². The van der Waals surface area contributed by atoms with Crippen LogP contribution in [0.3, 0.4) is 0 Å². The Balaban J connectivity index is 4.06. The highest BCUT2D eigenvalue weighted by atomic mass is 32.1. The first kappa shape index (κ1) is 8.29. The van der Waals surface area contributed by atoms with Crippen LogP contribution in [0.1, 0.15) is 0 Å². The van der Waals surface area contributed by atoms with Gasteiger partial charge in [-0.1, -0.05) is 5.16 Å². The van der Waals surface area contributed by atoms with Crippen LogP contribution in [-0.2, 0) is 4.79 Å². The molecule has 0 aromatic heterocycles. The first-order valence-corrected chi connectivity index (χ1v) is 2.67. The van der Waals surface area contributed by atoms with Gasteiger partial charge in [0.25, 0.3) is 5.91 Å². The van der Waals surface area contributed by atoms with Crippen molar-refractivity contribution in [3.63, 3.8) is 0 Å². The number of thiol groups is 1. The molecule has 1 amide bonds. The highest BCUT2D eigenvalue weighted by molar-refractivity contribution is 7.99. The van der Waals surface area contributed by atoms with Gasteiger partial charge in [-0.05, 0) is 0 Å². The van der Waals surface area contributed by atoms with Crippen LogP contribution in [-0.4, -0.2) is 35.2 Å². The van der Waals surface area contributed by atoms with Crippen molar-refractivity contribution in [1.82, 2.24) is 4.90 Å². The lowest BCUT2D eigenvalue weighted by Crippen LogP contribution is -2.26. The first-order valence-electron chi connectivity index (χ1n) is 2.22. The van der Waals surface area contributed by atoms with Gasteiger partial charge in [0.05, 0.1) is 0 Å². The Labute approximate surface area is 58.6 Å².